The summed E-state index contributed by atoms with van der Waals surface area (Å²) in [6, 6.07) is 7.24. The topological polar surface area (TPSA) is 58.5 Å². The number of aliphatic imine (C=N–C) groups is 1. The molecular formula is C19H25F3N4OS. The molecule has 0 fully saturated rings. The zero-order chi connectivity index (χ0) is 20.6. The van der Waals surface area contributed by atoms with Crippen molar-refractivity contribution in [2.45, 2.75) is 45.6 Å². The van der Waals surface area contributed by atoms with Gasteiger partial charge in [-0.3, -0.25) is 4.99 Å². The fourth-order valence-electron chi connectivity index (χ4n) is 2.35. The second kappa shape index (κ2) is 10.4. The normalized spacial score (nSPS) is 12.5. The predicted molar refractivity (Wildman–Crippen MR) is 105 cm³/mol. The number of thiazole rings is 1. The number of nitrogens with zero attached hydrogens (tertiary/aromatic N) is 2. The number of rotatable bonds is 8. The van der Waals surface area contributed by atoms with Crippen LogP contribution in [0.5, 0.6) is 0 Å². The summed E-state index contributed by atoms with van der Waals surface area (Å²) in [5, 5.41) is 9.44. The monoisotopic (exact) mass is 414 g/mol. The maximum Gasteiger partial charge on any atom is 0.411 e. The molecule has 0 radical (unpaired) electrons. The molecule has 5 nitrogen and oxygen atoms in total. The van der Waals surface area contributed by atoms with Gasteiger partial charge in [0.1, 0.15) is 11.6 Å². The van der Waals surface area contributed by atoms with Gasteiger partial charge >= 0.3 is 6.18 Å². The highest BCUT2D eigenvalue weighted by molar-refractivity contribution is 7.09. The number of hydrogen-bond acceptors (Lipinski definition) is 4. The van der Waals surface area contributed by atoms with Gasteiger partial charge in [0, 0.05) is 19.0 Å². The van der Waals surface area contributed by atoms with E-state index < -0.39 is 12.8 Å². The van der Waals surface area contributed by atoms with Crippen LogP contribution in [0, 0.1) is 0 Å². The van der Waals surface area contributed by atoms with E-state index in [9.17, 15) is 13.2 Å². The van der Waals surface area contributed by atoms with Crippen LogP contribution in [0.25, 0.3) is 0 Å². The molecule has 154 valence electrons. The highest BCUT2D eigenvalue weighted by Crippen LogP contribution is 2.18. The van der Waals surface area contributed by atoms with Gasteiger partial charge in [0.15, 0.2) is 5.96 Å². The molecule has 0 aliphatic carbocycles. The Labute approximate surface area is 167 Å². The third-order valence-corrected chi connectivity index (χ3v) is 4.64. The molecule has 2 rings (SSSR count). The van der Waals surface area contributed by atoms with E-state index in [0.717, 1.165) is 16.3 Å². The number of halogens is 3. The van der Waals surface area contributed by atoms with Gasteiger partial charge in [0.2, 0.25) is 0 Å². The first-order valence-corrected chi connectivity index (χ1v) is 9.76. The van der Waals surface area contributed by atoms with Crippen molar-refractivity contribution in [2.24, 2.45) is 4.99 Å². The van der Waals surface area contributed by atoms with E-state index in [1.807, 2.05) is 12.1 Å². The molecule has 2 aromatic rings. The molecule has 9 heteroatoms. The van der Waals surface area contributed by atoms with Crippen molar-refractivity contribution >= 4 is 17.3 Å². The van der Waals surface area contributed by atoms with Crippen LogP contribution in [0.3, 0.4) is 0 Å². The third kappa shape index (κ3) is 7.85. The average molecular weight is 414 g/mol. The van der Waals surface area contributed by atoms with Gasteiger partial charge < -0.3 is 15.4 Å². The van der Waals surface area contributed by atoms with Crippen LogP contribution in [0.4, 0.5) is 13.2 Å². The number of nitrogens with one attached hydrogen (secondary N) is 2. The van der Waals surface area contributed by atoms with Crippen LogP contribution < -0.4 is 10.6 Å². The van der Waals surface area contributed by atoms with Crippen LogP contribution in [0.15, 0.2) is 34.6 Å². The molecule has 1 aromatic carbocycles. The molecule has 1 heterocycles. The molecule has 0 saturated heterocycles. The van der Waals surface area contributed by atoms with Crippen molar-refractivity contribution in [3.05, 3.63) is 51.5 Å². The number of ether oxygens (including phenoxy) is 1. The minimum atomic E-state index is -4.31. The quantitative estimate of drug-likeness (QED) is 0.502. The highest BCUT2D eigenvalue weighted by atomic mass is 32.1. The highest BCUT2D eigenvalue weighted by Gasteiger charge is 2.27. The van der Waals surface area contributed by atoms with Crippen molar-refractivity contribution < 1.29 is 17.9 Å². The Kier molecular flexibility index (Phi) is 8.25. The standard InChI is InChI=1S/C19H25F3N4OS/c1-13(2)16-11-28-17(26-16)9-25-18(23-3)24-8-14-5-4-6-15(7-14)10-27-12-19(20,21)22/h4-7,11,13H,8-10,12H2,1-3H3,(H2,23,24,25). The Balaban J connectivity index is 1.81. The third-order valence-electron chi connectivity index (χ3n) is 3.78. The molecule has 2 N–H and O–H groups in total. The van der Waals surface area contributed by atoms with Gasteiger partial charge in [0.05, 0.1) is 18.8 Å². The molecule has 0 aliphatic heterocycles. The fourth-order valence-corrected chi connectivity index (χ4v) is 3.25. The Hall–Kier alpha value is -2.13. The Bertz CT molecular complexity index is 775. The second-order valence-electron chi connectivity index (χ2n) is 6.53. The van der Waals surface area contributed by atoms with Crippen LogP contribution in [0.2, 0.25) is 0 Å². The largest absolute Gasteiger partial charge is 0.411 e. The number of alkyl halides is 3. The molecular weight excluding hydrogens is 389 g/mol. The smallest absolute Gasteiger partial charge is 0.367 e. The summed E-state index contributed by atoms with van der Waals surface area (Å²) in [4.78, 5) is 8.75. The van der Waals surface area contributed by atoms with Crippen LogP contribution in [0.1, 0.15) is 41.6 Å². The minimum absolute atomic E-state index is 0.0808. The Morgan fingerprint density at radius 2 is 1.93 bits per heavy atom. The fraction of sp³-hybridized carbons (Fsp3) is 0.474. The van der Waals surface area contributed by atoms with E-state index in [2.05, 4.69) is 39.8 Å². The van der Waals surface area contributed by atoms with Crippen molar-refractivity contribution in [1.29, 1.82) is 0 Å². The summed E-state index contributed by atoms with van der Waals surface area (Å²) in [6.45, 7) is 3.94. The lowest BCUT2D eigenvalue weighted by Gasteiger charge is -2.12. The molecule has 0 spiro atoms. The van der Waals surface area contributed by atoms with Crippen molar-refractivity contribution in [1.82, 2.24) is 15.6 Å². The molecule has 0 bridgehead atoms. The number of aromatic nitrogens is 1. The van der Waals surface area contributed by atoms with E-state index in [1.54, 1.807) is 30.5 Å². The summed E-state index contributed by atoms with van der Waals surface area (Å²) >= 11 is 1.61. The summed E-state index contributed by atoms with van der Waals surface area (Å²) in [6.07, 6.45) is -4.31. The predicted octanol–water partition coefficient (Wildman–Crippen LogP) is 4.21. The van der Waals surface area contributed by atoms with Crippen LogP contribution >= 0.6 is 11.3 Å². The lowest BCUT2D eigenvalue weighted by molar-refractivity contribution is -0.176. The zero-order valence-electron chi connectivity index (χ0n) is 16.1. The molecule has 0 saturated carbocycles. The first-order chi connectivity index (χ1) is 13.3. The summed E-state index contributed by atoms with van der Waals surface area (Å²) in [5.41, 5.74) is 2.69. The van der Waals surface area contributed by atoms with E-state index in [1.165, 1.54) is 0 Å². The van der Waals surface area contributed by atoms with Crippen LogP contribution in [-0.2, 0) is 24.4 Å². The summed E-state index contributed by atoms with van der Waals surface area (Å²) in [5.74, 6) is 1.02. The Morgan fingerprint density at radius 1 is 1.21 bits per heavy atom. The van der Waals surface area contributed by atoms with Gasteiger partial charge in [-0.25, -0.2) is 4.98 Å². The van der Waals surface area contributed by atoms with E-state index >= 15 is 0 Å². The number of hydrogen-bond donors (Lipinski definition) is 2. The minimum Gasteiger partial charge on any atom is -0.367 e. The van der Waals surface area contributed by atoms with Crippen molar-refractivity contribution in [3.63, 3.8) is 0 Å². The number of guanidine groups is 1. The molecule has 0 atom stereocenters. The molecule has 28 heavy (non-hydrogen) atoms. The average Bonchev–Trinajstić information content (AvgIpc) is 3.10. The first-order valence-electron chi connectivity index (χ1n) is 8.88. The Morgan fingerprint density at radius 3 is 2.57 bits per heavy atom. The van der Waals surface area contributed by atoms with Gasteiger partial charge in [-0.1, -0.05) is 38.1 Å². The van der Waals surface area contributed by atoms with E-state index in [-0.39, 0.29) is 6.61 Å². The molecule has 0 unspecified atom stereocenters. The second-order valence-corrected chi connectivity index (χ2v) is 7.47. The first kappa shape index (κ1) is 22.2. The summed E-state index contributed by atoms with van der Waals surface area (Å²) < 4.78 is 41.2. The number of benzene rings is 1. The lowest BCUT2D eigenvalue weighted by atomic mass is 10.1. The van der Waals surface area contributed by atoms with Crippen molar-refractivity contribution in [3.8, 4) is 0 Å². The van der Waals surface area contributed by atoms with Gasteiger partial charge in [-0.2, -0.15) is 13.2 Å². The maximum atomic E-state index is 12.2. The molecule has 0 amide bonds. The van der Waals surface area contributed by atoms with E-state index in [4.69, 9.17) is 4.74 Å². The molecule has 0 aliphatic rings. The van der Waals surface area contributed by atoms with Crippen LogP contribution in [-0.4, -0.2) is 30.8 Å². The zero-order valence-corrected chi connectivity index (χ0v) is 17.0. The van der Waals surface area contributed by atoms with Crippen molar-refractivity contribution in [2.75, 3.05) is 13.7 Å². The molecule has 1 aromatic heterocycles. The lowest BCUT2D eigenvalue weighted by Crippen LogP contribution is -2.36. The maximum absolute atomic E-state index is 12.2. The summed E-state index contributed by atoms with van der Waals surface area (Å²) in [7, 11) is 1.68. The van der Waals surface area contributed by atoms with Gasteiger partial charge in [0.25, 0.3) is 0 Å². The van der Waals surface area contributed by atoms with Gasteiger partial charge in [-0.05, 0) is 17.0 Å². The van der Waals surface area contributed by atoms with Gasteiger partial charge in [-0.15, -0.1) is 11.3 Å². The van der Waals surface area contributed by atoms with E-state index in [0.29, 0.717) is 30.5 Å². The SMILES string of the molecule is CN=C(NCc1cccc(COCC(F)(F)F)c1)NCc1nc(C(C)C)cs1.